The van der Waals surface area contributed by atoms with Gasteiger partial charge in [-0.15, -0.1) is 0 Å². The van der Waals surface area contributed by atoms with Crippen LogP contribution < -0.4 is 16.0 Å². The summed E-state index contributed by atoms with van der Waals surface area (Å²) in [5.41, 5.74) is 2.22. The molecule has 8 nitrogen and oxygen atoms in total. The van der Waals surface area contributed by atoms with Gasteiger partial charge in [0.05, 0.1) is 5.69 Å². The number of oxime groups is 1. The predicted octanol–water partition coefficient (Wildman–Crippen LogP) is 2.98. The third-order valence-electron chi connectivity index (χ3n) is 4.93. The zero-order chi connectivity index (χ0) is 20.4. The first kappa shape index (κ1) is 19.0. The lowest BCUT2D eigenvalue weighted by molar-refractivity contribution is 0.309. The summed E-state index contributed by atoms with van der Waals surface area (Å²) in [6.07, 6.45) is 5.75. The van der Waals surface area contributed by atoms with E-state index in [-0.39, 0.29) is 17.1 Å². The smallest absolute Gasteiger partial charge is 0.337 e. The minimum absolute atomic E-state index is 0.0441. The van der Waals surface area contributed by atoms with Crippen LogP contribution in [-0.4, -0.2) is 20.7 Å². The highest BCUT2D eigenvalue weighted by molar-refractivity contribution is 6.00. The molecule has 1 N–H and O–H groups in total. The molecule has 0 spiro atoms. The lowest BCUT2D eigenvalue weighted by atomic mass is 9.95. The number of nitrogens with zero attached hydrogens (tertiary/aromatic N) is 3. The normalized spacial score (nSPS) is 15.1. The lowest BCUT2D eigenvalue weighted by Gasteiger charge is -2.15. The van der Waals surface area contributed by atoms with E-state index in [1.807, 2.05) is 12.1 Å². The molecule has 0 radical (unpaired) electrons. The molecule has 3 aromatic rings. The first-order valence-corrected chi connectivity index (χ1v) is 9.76. The molecule has 1 aliphatic rings. The van der Waals surface area contributed by atoms with Gasteiger partial charge in [0.1, 0.15) is 11.1 Å². The van der Waals surface area contributed by atoms with Crippen molar-refractivity contribution in [2.24, 2.45) is 11.1 Å². The molecule has 4 rings (SSSR count). The van der Waals surface area contributed by atoms with Crippen molar-refractivity contribution in [3.05, 3.63) is 62.0 Å². The third kappa shape index (κ3) is 4.11. The fourth-order valence-corrected chi connectivity index (χ4v) is 3.47. The number of pyridine rings is 1. The van der Waals surface area contributed by atoms with Gasteiger partial charge >= 0.3 is 11.6 Å². The van der Waals surface area contributed by atoms with Gasteiger partial charge in [0.2, 0.25) is 5.71 Å². The molecule has 0 saturated carbocycles. The quantitative estimate of drug-likeness (QED) is 0.666. The summed E-state index contributed by atoms with van der Waals surface area (Å²) in [5, 5.41) is 4.42. The molecule has 0 amide bonds. The van der Waals surface area contributed by atoms with Crippen LogP contribution >= 0.6 is 0 Å². The van der Waals surface area contributed by atoms with Gasteiger partial charge in [-0.05, 0) is 55.2 Å². The molecule has 0 unspecified atom stereocenters. The highest BCUT2D eigenvalue weighted by atomic mass is 16.6. The molecular formula is C21H22N4O4. The monoisotopic (exact) mass is 394 g/mol. The van der Waals surface area contributed by atoms with Gasteiger partial charge in [-0.3, -0.25) is 14.8 Å². The Morgan fingerprint density at radius 3 is 3.00 bits per heavy atom. The van der Waals surface area contributed by atoms with Crippen molar-refractivity contribution < 1.29 is 9.25 Å². The molecule has 3 aromatic heterocycles. The molecule has 0 saturated heterocycles. The molecule has 3 heterocycles. The first-order valence-electron chi connectivity index (χ1n) is 9.76. The average Bonchev–Trinajstić information content (AvgIpc) is 2.70. The van der Waals surface area contributed by atoms with Crippen molar-refractivity contribution in [2.75, 3.05) is 0 Å². The van der Waals surface area contributed by atoms with Crippen molar-refractivity contribution in [2.45, 2.75) is 46.0 Å². The van der Waals surface area contributed by atoms with Crippen molar-refractivity contribution in [1.29, 1.82) is 0 Å². The third-order valence-corrected chi connectivity index (χ3v) is 4.93. The van der Waals surface area contributed by atoms with Crippen LogP contribution in [-0.2, 0) is 12.8 Å². The van der Waals surface area contributed by atoms with Crippen LogP contribution in [0.25, 0.3) is 11.1 Å². The maximum Gasteiger partial charge on any atom is 0.337 e. The Hall–Kier alpha value is -3.29. The Bertz CT molecular complexity index is 1190. The van der Waals surface area contributed by atoms with E-state index in [1.54, 1.807) is 6.20 Å². The second-order valence-corrected chi connectivity index (χ2v) is 7.57. The number of aromatic amines is 1. The van der Waals surface area contributed by atoms with Crippen LogP contribution in [0.15, 0.2) is 43.6 Å². The van der Waals surface area contributed by atoms with Gasteiger partial charge in [0.15, 0.2) is 0 Å². The topological polar surface area (TPSA) is 110 Å². The Labute approximate surface area is 166 Å². The van der Waals surface area contributed by atoms with Crippen LogP contribution in [0.5, 0.6) is 6.01 Å². The molecule has 0 aromatic carbocycles. The van der Waals surface area contributed by atoms with E-state index in [1.165, 1.54) is 6.07 Å². The SMILES string of the molecule is CC(C)CCc1cc(=O)oc2nc(O/N=C3\CCCc4cccnc43)[nH]c(=O)c12. The summed E-state index contributed by atoms with van der Waals surface area (Å²) < 4.78 is 5.15. The van der Waals surface area contributed by atoms with Crippen LogP contribution in [0.3, 0.4) is 0 Å². The van der Waals surface area contributed by atoms with Gasteiger partial charge in [-0.1, -0.05) is 25.1 Å². The highest BCUT2D eigenvalue weighted by Gasteiger charge is 2.18. The molecule has 1 aliphatic carbocycles. The number of fused-ring (bicyclic) bond motifs is 2. The minimum Gasteiger partial charge on any atom is -0.403 e. The van der Waals surface area contributed by atoms with Gasteiger partial charge in [-0.25, -0.2) is 4.79 Å². The summed E-state index contributed by atoms with van der Waals surface area (Å²) in [4.78, 5) is 41.0. The molecule has 0 atom stereocenters. The molecule has 8 heteroatoms. The van der Waals surface area contributed by atoms with E-state index in [9.17, 15) is 9.59 Å². The van der Waals surface area contributed by atoms with Crippen LogP contribution in [0, 0.1) is 5.92 Å². The molecule has 0 bridgehead atoms. The maximum absolute atomic E-state index is 12.6. The first-order chi connectivity index (χ1) is 14.0. The second kappa shape index (κ2) is 7.98. The van der Waals surface area contributed by atoms with E-state index < -0.39 is 11.2 Å². The van der Waals surface area contributed by atoms with E-state index in [0.29, 0.717) is 23.6 Å². The molecule has 29 heavy (non-hydrogen) atoms. The summed E-state index contributed by atoms with van der Waals surface area (Å²) in [5.74, 6) is 0.440. The fraction of sp³-hybridized carbons (Fsp3) is 0.381. The Kier molecular flexibility index (Phi) is 5.24. The number of aromatic nitrogens is 3. The Morgan fingerprint density at radius 2 is 2.17 bits per heavy atom. The summed E-state index contributed by atoms with van der Waals surface area (Å²) in [6.45, 7) is 4.17. The fourth-order valence-electron chi connectivity index (χ4n) is 3.47. The second-order valence-electron chi connectivity index (χ2n) is 7.57. The van der Waals surface area contributed by atoms with E-state index in [0.717, 1.165) is 36.9 Å². The van der Waals surface area contributed by atoms with E-state index in [2.05, 4.69) is 34.0 Å². The van der Waals surface area contributed by atoms with Gasteiger partial charge in [0, 0.05) is 12.3 Å². The number of hydrogen-bond donors (Lipinski definition) is 1. The van der Waals surface area contributed by atoms with Crippen molar-refractivity contribution in [3.63, 3.8) is 0 Å². The molecule has 150 valence electrons. The Balaban J connectivity index is 1.68. The number of nitrogens with one attached hydrogen (secondary N) is 1. The summed E-state index contributed by atoms with van der Waals surface area (Å²) >= 11 is 0. The molecule has 0 fully saturated rings. The van der Waals surface area contributed by atoms with E-state index >= 15 is 0 Å². The predicted molar refractivity (Wildman–Crippen MR) is 108 cm³/mol. The zero-order valence-corrected chi connectivity index (χ0v) is 16.4. The average molecular weight is 394 g/mol. The van der Waals surface area contributed by atoms with Gasteiger partial charge < -0.3 is 9.25 Å². The number of hydrogen-bond acceptors (Lipinski definition) is 7. The number of rotatable bonds is 5. The van der Waals surface area contributed by atoms with Gasteiger partial charge in [0.25, 0.3) is 5.56 Å². The highest BCUT2D eigenvalue weighted by Crippen LogP contribution is 2.20. The van der Waals surface area contributed by atoms with E-state index in [4.69, 9.17) is 9.25 Å². The van der Waals surface area contributed by atoms with Crippen LogP contribution in [0.2, 0.25) is 0 Å². The lowest BCUT2D eigenvalue weighted by Crippen LogP contribution is -2.17. The van der Waals surface area contributed by atoms with Crippen molar-refractivity contribution in [3.8, 4) is 6.01 Å². The largest absolute Gasteiger partial charge is 0.403 e. The van der Waals surface area contributed by atoms with Crippen molar-refractivity contribution in [1.82, 2.24) is 15.0 Å². The zero-order valence-electron chi connectivity index (χ0n) is 16.4. The minimum atomic E-state index is -0.544. The van der Waals surface area contributed by atoms with Crippen molar-refractivity contribution >= 4 is 16.8 Å². The number of H-pyrrole nitrogens is 1. The maximum atomic E-state index is 12.6. The number of aryl methyl sites for hydroxylation is 2. The Morgan fingerprint density at radius 1 is 1.31 bits per heavy atom. The summed E-state index contributed by atoms with van der Waals surface area (Å²) in [7, 11) is 0. The summed E-state index contributed by atoms with van der Waals surface area (Å²) in [6, 6.07) is 5.14. The van der Waals surface area contributed by atoms with Crippen LogP contribution in [0.1, 0.15) is 49.9 Å². The molecular weight excluding hydrogens is 372 g/mol. The standard InChI is InChI=1S/C21H22N4O4/c1-12(2)8-9-14-11-16(26)28-20-17(14)19(27)23-21(24-20)29-25-15-7-3-5-13-6-4-10-22-18(13)15/h4,6,10-12H,3,5,7-9H2,1-2H3,(H,23,24,27)/b25-15+. The molecule has 0 aliphatic heterocycles. The van der Waals surface area contributed by atoms with Crippen LogP contribution in [0.4, 0.5) is 0 Å². The van der Waals surface area contributed by atoms with Gasteiger partial charge in [-0.2, -0.15) is 4.98 Å².